The van der Waals surface area contributed by atoms with Gasteiger partial charge in [0.1, 0.15) is 5.82 Å². The average Bonchev–Trinajstić information content (AvgIpc) is 2.79. The van der Waals surface area contributed by atoms with Crippen LogP contribution in [-0.2, 0) is 6.54 Å². The van der Waals surface area contributed by atoms with Gasteiger partial charge in [-0.1, -0.05) is 19.9 Å². The fraction of sp³-hybridized carbons (Fsp3) is 0.688. The monoisotopic (exact) mass is 261 g/mol. The van der Waals surface area contributed by atoms with Crippen LogP contribution < -0.4 is 5.32 Å². The van der Waals surface area contributed by atoms with Crippen molar-refractivity contribution < 1.29 is 0 Å². The molecule has 1 aliphatic rings. The lowest BCUT2D eigenvalue weighted by atomic mass is 10.1. The van der Waals surface area contributed by atoms with E-state index < -0.39 is 0 Å². The van der Waals surface area contributed by atoms with E-state index in [1.54, 1.807) is 0 Å². The van der Waals surface area contributed by atoms with Gasteiger partial charge in [-0.2, -0.15) is 0 Å². The van der Waals surface area contributed by atoms with E-state index in [-0.39, 0.29) is 0 Å². The first kappa shape index (κ1) is 14.3. The van der Waals surface area contributed by atoms with Crippen molar-refractivity contribution in [3.05, 3.63) is 23.9 Å². The van der Waals surface area contributed by atoms with E-state index in [4.69, 9.17) is 0 Å². The van der Waals surface area contributed by atoms with Crippen molar-refractivity contribution in [1.29, 1.82) is 0 Å². The minimum absolute atomic E-state index is 0.711. The number of nitrogens with zero attached hydrogens (tertiary/aromatic N) is 2. The second-order valence-electron chi connectivity index (χ2n) is 5.64. The Labute approximate surface area is 117 Å². The van der Waals surface area contributed by atoms with Crippen LogP contribution in [0, 0.1) is 0 Å². The van der Waals surface area contributed by atoms with Crippen LogP contribution in [0.25, 0.3) is 0 Å². The minimum Gasteiger partial charge on any atom is -0.370 e. The molecular weight excluding hydrogens is 234 g/mol. The Morgan fingerprint density at radius 2 is 2.16 bits per heavy atom. The lowest BCUT2D eigenvalue weighted by Gasteiger charge is -2.27. The van der Waals surface area contributed by atoms with Gasteiger partial charge in [0.25, 0.3) is 0 Å². The highest BCUT2D eigenvalue weighted by molar-refractivity contribution is 5.35. The Bertz CT molecular complexity index is 374. The van der Waals surface area contributed by atoms with Crippen molar-refractivity contribution >= 4 is 5.82 Å². The molecule has 106 valence electrons. The van der Waals surface area contributed by atoms with Gasteiger partial charge in [-0.25, -0.2) is 4.98 Å². The third kappa shape index (κ3) is 3.69. The van der Waals surface area contributed by atoms with E-state index in [1.807, 2.05) is 6.20 Å². The summed E-state index contributed by atoms with van der Waals surface area (Å²) in [6, 6.07) is 5.78. The van der Waals surface area contributed by atoms with Crippen LogP contribution in [-0.4, -0.2) is 28.5 Å². The number of likely N-dealkylation sites (tertiary alicyclic amines) is 1. The fourth-order valence-corrected chi connectivity index (χ4v) is 2.94. The van der Waals surface area contributed by atoms with Gasteiger partial charge < -0.3 is 5.32 Å². The molecule has 2 heterocycles. The van der Waals surface area contributed by atoms with Crippen molar-refractivity contribution in [3.63, 3.8) is 0 Å². The lowest BCUT2D eigenvalue weighted by Crippen LogP contribution is -2.33. The van der Waals surface area contributed by atoms with E-state index in [0.29, 0.717) is 6.04 Å². The maximum absolute atomic E-state index is 4.50. The number of nitrogens with one attached hydrogen (secondary N) is 1. The fourth-order valence-electron chi connectivity index (χ4n) is 2.94. The van der Waals surface area contributed by atoms with Crippen LogP contribution in [0.2, 0.25) is 0 Å². The Morgan fingerprint density at radius 1 is 1.32 bits per heavy atom. The minimum atomic E-state index is 0.711. The standard InChI is InChI=1S/C16H27N3/c1-4-10-17-16-9-7-14(11-18-16)12-19-13(3)6-8-15(19)5-2/h7,9,11,13,15H,4-6,8,10,12H2,1-3H3,(H,17,18). The molecule has 0 spiro atoms. The predicted octanol–water partition coefficient (Wildman–Crippen LogP) is 3.67. The molecule has 1 fully saturated rings. The number of anilines is 1. The molecule has 19 heavy (non-hydrogen) atoms. The molecule has 2 unspecified atom stereocenters. The number of rotatable bonds is 6. The molecule has 0 aromatic carbocycles. The molecule has 3 heteroatoms. The summed E-state index contributed by atoms with van der Waals surface area (Å²) in [6.45, 7) is 8.85. The van der Waals surface area contributed by atoms with Crippen LogP contribution >= 0.6 is 0 Å². The first-order valence-electron chi connectivity index (χ1n) is 7.69. The zero-order valence-electron chi connectivity index (χ0n) is 12.5. The molecule has 3 nitrogen and oxygen atoms in total. The summed E-state index contributed by atoms with van der Waals surface area (Å²) in [4.78, 5) is 7.13. The van der Waals surface area contributed by atoms with Crippen LogP contribution in [0.5, 0.6) is 0 Å². The maximum atomic E-state index is 4.50. The number of aromatic nitrogens is 1. The first-order chi connectivity index (χ1) is 9.24. The molecule has 1 aromatic heterocycles. The van der Waals surface area contributed by atoms with E-state index in [1.165, 1.54) is 24.8 Å². The molecule has 0 saturated carbocycles. The summed E-state index contributed by atoms with van der Waals surface area (Å²) in [5, 5.41) is 3.32. The largest absolute Gasteiger partial charge is 0.370 e. The highest BCUT2D eigenvalue weighted by Gasteiger charge is 2.28. The van der Waals surface area contributed by atoms with Crippen LogP contribution in [0.1, 0.15) is 52.0 Å². The summed E-state index contributed by atoms with van der Waals surface area (Å²) < 4.78 is 0. The van der Waals surface area contributed by atoms with E-state index in [2.05, 4.69) is 48.1 Å². The molecule has 1 N–H and O–H groups in total. The Morgan fingerprint density at radius 3 is 2.79 bits per heavy atom. The van der Waals surface area contributed by atoms with Crippen LogP contribution in [0.15, 0.2) is 18.3 Å². The van der Waals surface area contributed by atoms with Crippen molar-refractivity contribution in [3.8, 4) is 0 Å². The first-order valence-corrected chi connectivity index (χ1v) is 7.69. The second kappa shape index (κ2) is 6.90. The summed E-state index contributed by atoms with van der Waals surface area (Å²) in [7, 11) is 0. The number of hydrogen-bond donors (Lipinski definition) is 1. The van der Waals surface area contributed by atoms with Gasteiger partial charge >= 0.3 is 0 Å². The van der Waals surface area contributed by atoms with Crippen molar-refractivity contribution in [2.75, 3.05) is 11.9 Å². The van der Waals surface area contributed by atoms with Gasteiger partial charge in [-0.05, 0) is 44.2 Å². The molecule has 0 amide bonds. The van der Waals surface area contributed by atoms with E-state index in [9.17, 15) is 0 Å². The topological polar surface area (TPSA) is 28.2 Å². The zero-order valence-corrected chi connectivity index (χ0v) is 12.5. The summed E-state index contributed by atoms with van der Waals surface area (Å²) >= 11 is 0. The van der Waals surface area contributed by atoms with Gasteiger partial charge in [0.2, 0.25) is 0 Å². The third-order valence-corrected chi connectivity index (χ3v) is 4.17. The number of pyridine rings is 1. The summed E-state index contributed by atoms with van der Waals surface area (Å²) in [5.74, 6) is 0.993. The quantitative estimate of drug-likeness (QED) is 0.847. The molecule has 0 aliphatic carbocycles. The molecule has 1 aromatic rings. The smallest absolute Gasteiger partial charge is 0.125 e. The molecule has 0 radical (unpaired) electrons. The van der Waals surface area contributed by atoms with Gasteiger partial charge in [-0.3, -0.25) is 4.90 Å². The van der Waals surface area contributed by atoms with Gasteiger partial charge in [0.05, 0.1) is 0 Å². The SMILES string of the molecule is CCCNc1ccc(CN2C(C)CCC2CC)cn1. The summed E-state index contributed by atoms with van der Waals surface area (Å²) in [5.41, 5.74) is 1.33. The van der Waals surface area contributed by atoms with E-state index >= 15 is 0 Å². The second-order valence-corrected chi connectivity index (χ2v) is 5.64. The Hall–Kier alpha value is -1.09. The maximum Gasteiger partial charge on any atom is 0.125 e. The van der Waals surface area contributed by atoms with Gasteiger partial charge in [-0.15, -0.1) is 0 Å². The Balaban J connectivity index is 1.95. The molecule has 1 saturated heterocycles. The molecular formula is C16H27N3. The average molecular weight is 261 g/mol. The van der Waals surface area contributed by atoms with Crippen molar-refractivity contribution in [2.45, 2.75) is 65.1 Å². The van der Waals surface area contributed by atoms with Gasteiger partial charge in [0.15, 0.2) is 0 Å². The molecule has 2 rings (SSSR count). The van der Waals surface area contributed by atoms with Crippen LogP contribution in [0.3, 0.4) is 0 Å². The molecule has 0 bridgehead atoms. The predicted molar refractivity (Wildman–Crippen MR) is 81.3 cm³/mol. The van der Waals surface area contributed by atoms with Crippen molar-refractivity contribution in [2.24, 2.45) is 0 Å². The molecule has 1 aliphatic heterocycles. The highest BCUT2D eigenvalue weighted by atomic mass is 15.2. The lowest BCUT2D eigenvalue weighted by molar-refractivity contribution is 0.189. The zero-order chi connectivity index (χ0) is 13.7. The van der Waals surface area contributed by atoms with Gasteiger partial charge in [0, 0.05) is 31.4 Å². The number of hydrogen-bond acceptors (Lipinski definition) is 3. The van der Waals surface area contributed by atoms with E-state index in [0.717, 1.165) is 31.4 Å². The third-order valence-electron chi connectivity index (χ3n) is 4.17. The Kier molecular flexibility index (Phi) is 5.20. The normalized spacial score (nSPS) is 23.7. The highest BCUT2D eigenvalue weighted by Crippen LogP contribution is 2.27. The van der Waals surface area contributed by atoms with Crippen LogP contribution in [0.4, 0.5) is 5.82 Å². The van der Waals surface area contributed by atoms with Crippen molar-refractivity contribution in [1.82, 2.24) is 9.88 Å². The summed E-state index contributed by atoms with van der Waals surface area (Å²) in [6.07, 6.45) is 7.10. The molecule has 2 atom stereocenters.